The van der Waals surface area contributed by atoms with E-state index in [2.05, 4.69) is 19.9 Å². The Morgan fingerprint density at radius 3 is 2.75 bits per heavy atom. The van der Waals surface area contributed by atoms with E-state index < -0.39 is 0 Å². The van der Waals surface area contributed by atoms with E-state index in [1.54, 1.807) is 0 Å². The number of halogens is 1. The van der Waals surface area contributed by atoms with Crippen molar-refractivity contribution in [3.8, 4) is 5.82 Å². The molecule has 0 spiro atoms. The number of pyridine rings is 1. The van der Waals surface area contributed by atoms with Crippen molar-refractivity contribution in [2.75, 3.05) is 0 Å². The summed E-state index contributed by atoms with van der Waals surface area (Å²) in [4.78, 5) is 16.3. The summed E-state index contributed by atoms with van der Waals surface area (Å²) in [5.74, 6) is 0.633. The van der Waals surface area contributed by atoms with Gasteiger partial charge in [0.2, 0.25) is 0 Å². The molecule has 0 aliphatic heterocycles. The Hall–Kier alpha value is -2.01. The molecule has 0 saturated carbocycles. The van der Waals surface area contributed by atoms with E-state index >= 15 is 0 Å². The highest BCUT2D eigenvalue weighted by molar-refractivity contribution is 6.28. The summed E-state index contributed by atoms with van der Waals surface area (Å²) in [6, 6.07) is 5.73. The second kappa shape index (κ2) is 3.53. The lowest BCUT2D eigenvalue weighted by molar-refractivity contribution is -0.598. The molecule has 3 rings (SSSR count). The maximum Gasteiger partial charge on any atom is 0.340 e. The molecule has 0 atom stereocenters. The summed E-state index contributed by atoms with van der Waals surface area (Å²) in [6.07, 6.45) is 5.18. The first-order chi connectivity index (χ1) is 7.84. The Morgan fingerprint density at radius 2 is 1.94 bits per heavy atom. The molecule has 0 aliphatic rings. The third-order valence-electron chi connectivity index (χ3n) is 2.15. The average Bonchev–Trinajstić information content (AvgIpc) is 2.77. The Balaban J connectivity index is 2.34. The molecule has 3 aromatic rings. The van der Waals surface area contributed by atoms with Crippen LogP contribution in [0.1, 0.15) is 0 Å². The first kappa shape index (κ1) is 9.23. The SMILES string of the molecule is Clc1nc(-[n+]2ccccc2)c2nc[n-]c2n1. The van der Waals surface area contributed by atoms with Crippen LogP contribution in [0.4, 0.5) is 0 Å². The Labute approximate surface area is 95.8 Å². The zero-order valence-electron chi connectivity index (χ0n) is 8.08. The van der Waals surface area contributed by atoms with Crippen LogP contribution in [0.2, 0.25) is 5.28 Å². The normalized spacial score (nSPS) is 10.8. The lowest BCUT2D eigenvalue weighted by atomic mass is 10.4. The zero-order valence-corrected chi connectivity index (χ0v) is 8.83. The predicted octanol–water partition coefficient (Wildman–Crippen LogP) is 0.912. The number of nitrogens with zero attached hydrogens (tertiary/aromatic N) is 5. The number of hydrogen-bond acceptors (Lipinski definition) is 3. The van der Waals surface area contributed by atoms with E-state index in [4.69, 9.17) is 11.6 Å². The van der Waals surface area contributed by atoms with Gasteiger partial charge in [0.1, 0.15) is 5.52 Å². The average molecular weight is 232 g/mol. The van der Waals surface area contributed by atoms with Gasteiger partial charge >= 0.3 is 5.82 Å². The van der Waals surface area contributed by atoms with Crippen molar-refractivity contribution in [1.82, 2.24) is 19.9 Å². The molecule has 0 aromatic carbocycles. The second-order valence-corrected chi connectivity index (χ2v) is 3.48. The number of rotatable bonds is 1. The van der Waals surface area contributed by atoms with Gasteiger partial charge < -0.3 is 15.0 Å². The van der Waals surface area contributed by atoms with E-state index in [0.29, 0.717) is 17.0 Å². The van der Waals surface area contributed by atoms with E-state index in [0.717, 1.165) is 0 Å². The van der Waals surface area contributed by atoms with Crippen molar-refractivity contribution in [1.29, 1.82) is 0 Å². The molecule has 6 heteroatoms. The summed E-state index contributed by atoms with van der Waals surface area (Å²) in [7, 11) is 0. The lowest BCUT2D eigenvalue weighted by Gasteiger charge is -1.99. The molecule has 0 bridgehead atoms. The van der Waals surface area contributed by atoms with Crippen molar-refractivity contribution in [3.05, 3.63) is 42.2 Å². The van der Waals surface area contributed by atoms with Crippen LogP contribution in [0.5, 0.6) is 0 Å². The standard InChI is InChI=1S/C10H6ClN5/c11-10-14-8-7(12-6-13-8)9(15-10)16-4-2-1-3-5-16/h1-6H. The number of hydrogen-bond donors (Lipinski definition) is 0. The maximum atomic E-state index is 5.83. The predicted molar refractivity (Wildman–Crippen MR) is 57.2 cm³/mol. The molecule has 5 nitrogen and oxygen atoms in total. The van der Waals surface area contributed by atoms with Gasteiger partial charge in [-0.2, -0.15) is 0 Å². The van der Waals surface area contributed by atoms with Crippen molar-refractivity contribution in [2.45, 2.75) is 0 Å². The Bertz CT molecular complexity index is 634. The van der Waals surface area contributed by atoms with Crippen LogP contribution in [-0.2, 0) is 0 Å². The summed E-state index contributed by atoms with van der Waals surface area (Å²) in [6.45, 7) is 0. The van der Waals surface area contributed by atoms with Gasteiger partial charge in [0.05, 0.1) is 12.4 Å². The van der Waals surface area contributed by atoms with E-state index in [9.17, 15) is 0 Å². The van der Waals surface area contributed by atoms with Gasteiger partial charge in [-0.1, -0.05) is 6.07 Å². The molecule has 0 unspecified atom stereocenters. The van der Waals surface area contributed by atoms with Crippen LogP contribution >= 0.6 is 11.6 Å². The molecule has 0 aliphatic carbocycles. The molecule has 16 heavy (non-hydrogen) atoms. The van der Waals surface area contributed by atoms with Crippen LogP contribution < -0.4 is 9.55 Å². The van der Waals surface area contributed by atoms with Crippen molar-refractivity contribution in [3.63, 3.8) is 0 Å². The number of imidazole rings is 1. The molecule has 0 N–H and O–H groups in total. The monoisotopic (exact) mass is 231 g/mol. The second-order valence-electron chi connectivity index (χ2n) is 3.14. The Morgan fingerprint density at radius 1 is 1.12 bits per heavy atom. The van der Waals surface area contributed by atoms with Crippen molar-refractivity contribution >= 4 is 22.8 Å². The highest BCUT2D eigenvalue weighted by Crippen LogP contribution is 2.12. The molecular formula is C10H6ClN5. The first-order valence-electron chi connectivity index (χ1n) is 4.62. The first-order valence-corrected chi connectivity index (χ1v) is 5.00. The van der Waals surface area contributed by atoms with E-state index in [-0.39, 0.29) is 5.28 Å². The fourth-order valence-electron chi connectivity index (χ4n) is 1.47. The van der Waals surface area contributed by atoms with Crippen LogP contribution in [0.15, 0.2) is 36.9 Å². The molecule has 0 fully saturated rings. The molecule has 0 radical (unpaired) electrons. The highest BCUT2D eigenvalue weighted by Gasteiger charge is 2.13. The van der Waals surface area contributed by atoms with Crippen LogP contribution in [0.25, 0.3) is 17.0 Å². The third kappa shape index (κ3) is 1.42. The largest absolute Gasteiger partial charge is 0.365 e. The minimum Gasteiger partial charge on any atom is -0.365 e. The van der Waals surface area contributed by atoms with E-state index in [1.807, 2.05) is 35.2 Å². The third-order valence-corrected chi connectivity index (χ3v) is 2.32. The van der Waals surface area contributed by atoms with Gasteiger partial charge in [-0.05, 0) is 35.0 Å². The minimum absolute atomic E-state index is 0.166. The summed E-state index contributed by atoms with van der Waals surface area (Å²) >= 11 is 5.83. The topological polar surface area (TPSA) is 56.7 Å². The zero-order chi connectivity index (χ0) is 11.0. The molecule has 0 amide bonds. The van der Waals surface area contributed by atoms with Crippen LogP contribution in [0, 0.1) is 0 Å². The van der Waals surface area contributed by atoms with Gasteiger partial charge in [-0.25, -0.2) is 4.57 Å². The fourth-order valence-corrected chi connectivity index (χ4v) is 1.63. The molecule has 78 valence electrons. The maximum absolute atomic E-state index is 5.83. The quantitative estimate of drug-likeness (QED) is 0.462. The smallest absolute Gasteiger partial charge is 0.340 e. The molecule has 3 aromatic heterocycles. The van der Waals surface area contributed by atoms with E-state index in [1.165, 1.54) is 6.33 Å². The molecule has 0 saturated heterocycles. The van der Waals surface area contributed by atoms with Crippen molar-refractivity contribution < 1.29 is 4.57 Å². The van der Waals surface area contributed by atoms with Crippen LogP contribution in [0.3, 0.4) is 0 Å². The van der Waals surface area contributed by atoms with Gasteiger partial charge in [-0.15, -0.1) is 0 Å². The van der Waals surface area contributed by atoms with Crippen LogP contribution in [-0.4, -0.2) is 15.0 Å². The highest BCUT2D eigenvalue weighted by atomic mass is 35.5. The summed E-state index contributed by atoms with van der Waals surface area (Å²) in [5, 5.41) is 0.166. The minimum atomic E-state index is 0.166. The van der Waals surface area contributed by atoms with Gasteiger partial charge in [-0.3, -0.25) is 0 Å². The van der Waals surface area contributed by atoms with Gasteiger partial charge in [0, 0.05) is 5.65 Å². The van der Waals surface area contributed by atoms with Gasteiger partial charge in [0.15, 0.2) is 0 Å². The fraction of sp³-hybridized carbons (Fsp3) is 0. The Kier molecular flexibility index (Phi) is 2.04. The molecule has 3 heterocycles. The number of fused-ring (bicyclic) bond motifs is 1. The molecular weight excluding hydrogens is 226 g/mol. The van der Waals surface area contributed by atoms with Gasteiger partial charge in [0.25, 0.3) is 5.28 Å². The van der Waals surface area contributed by atoms with Crippen molar-refractivity contribution in [2.24, 2.45) is 0 Å². The summed E-state index contributed by atoms with van der Waals surface area (Å²) in [5.41, 5.74) is 1.15. The lowest BCUT2D eigenvalue weighted by Crippen LogP contribution is -2.31. The number of aromatic nitrogens is 5. The summed E-state index contributed by atoms with van der Waals surface area (Å²) < 4.78 is 1.82.